The fraction of sp³-hybridized carbons (Fsp3) is 0.125. The van der Waals surface area contributed by atoms with Crippen LogP contribution in [0, 0.1) is 11.3 Å². The summed E-state index contributed by atoms with van der Waals surface area (Å²) < 4.78 is 25.7. The molecule has 0 atom stereocenters. The number of nitriles is 1. The minimum atomic E-state index is -3.86. The van der Waals surface area contributed by atoms with Crippen molar-refractivity contribution in [2.75, 3.05) is 18.9 Å². The van der Waals surface area contributed by atoms with E-state index in [4.69, 9.17) is 5.26 Å². The Kier molecular flexibility index (Phi) is 5.18. The third kappa shape index (κ3) is 3.90. The van der Waals surface area contributed by atoms with E-state index in [-0.39, 0.29) is 16.3 Å². The molecular weight excluding hydrogens is 330 g/mol. The molecule has 0 heterocycles. The molecule has 8 heteroatoms. The minimum Gasteiger partial charge on any atom is -0.506 e. The van der Waals surface area contributed by atoms with Crippen molar-refractivity contribution in [1.82, 2.24) is 4.31 Å². The third-order valence-electron chi connectivity index (χ3n) is 3.24. The molecule has 0 bridgehead atoms. The maximum Gasteiger partial charge on any atom is 0.243 e. The highest BCUT2D eigenvalue weighted by Gasteiger charge is 2.23. The van der Waals surface area contributed by atoms with Gasteiger partial charge in [-0.2, -0.15) is 9.57 Å². The number of hydrogen-bond acceptors (Lipinski definition) is 5. The SMILES string of the molecule is CN(CC(=O)Nc1ccccc1O)S(=O)(=O)c1ccc(C#N)cc1. The first-order chi connectivity index (χ1) is 11.3. The number of hydrogen-bond donors (Lipinski definition) is 2. The van der Waals surface area contributed by atoms with Crippen LogP contribution in [0.4, 0.5) is 5.69 Å². The first kappa shape index (κ1) is 17.5. The number of phenolic OH excluding ortho intramolecular Hbond substituents is 1. The Hall–Kier alpha value is -2.89. The molecule has 2 aromatic rings. The minimum absolute atomic E-state index is 0.0145. The van der Waals surface area contributed by atoms with Crippen LogP contribution in [0.3, 0.4) is 0 Å². The van der Waals surface area contributed by atoms with E-state index in [2.05, 4.69) is 5.32 Å². The maximum absolute atomic E-state index is 12.4. The summed E-state index contributed by atoms with van der Waals surface area (Å²) in [5.74, 6) is -0.695. The molecule has 0 radical (unpaired) electrons. The molecule has 0 saturated carbocycles. The number of carbonyl (C=O) groups excluding carboxylic acids is 1. The van der Waals surface area contributed by atoms with Gasteiger partial charge >= 0.3 is 0 Å². The molecule has 1 amide bonds. The predicted octanol–water partition coefficient (Wildman–Crippen LogP) is 1.52. The van der Waals surface area contributed by atoms with Gasteiger partial charge in [-0.25, -0.2) is 8.42 Å². The molecule has 0 aliphatic heterocycles. The van der Waals surface area contributed by atoms with Gasteiger partial charge in [-0.05, 0) is 36.4 Å². The van der Waals surface area contributed by atoms with Crippen molar-refractivity contribution >= 4 is 21.6 Å². The van der Waals surface area contributed by atoms with Gasteiger partial charge in [0.25, 0.3) is 0 Å². The molecule has 2 aromatic carbocycles. The summed E-state index contributed by atoms with van der Waals surface area (Å²) in [4.78, 5) is 12.0. The zero-order valence-electron chi connectivity index (χ0n) is 12.8. The summed E-state index contributed by atoms with van der Waals surface area (Å²) in [5, 5.41) is 20.8. The number of phenols is 1. The quantitative estimate of drug-likeness (QED) is 0.798. The lowest BCUT2D eigenvalue weighted by molar-refractivity contribution is -0.116. The Labute approximate surface area is 139 Å². The molecule has 0 unspecified atom stereocenters. The highest BCUT2D eigenvalue weighted by Crippen LogP contribution is 2.21. The van der Waals surface area contributed by atoms with Crippen LogP contribution >= 0.6 is 0 Å². The Balaban J connectivity index is 2.10. The topological polar surface area (TPSA) is 110 Å². The van der Waals surface area contributed by atoms with Crippen molar-refractivity contribution in [2.24, 2.45) is 0 Å². The second-order valence-corrected chi connectivity index (χ2v) is 7.01. The highest BCUT2D eigenvalue weighted by atomic mass is 32.2. The zero-order valence-corrected chi connectivity index (χ0v) is 13.6. The smallest absolute Gasteiger partial charge is 0.243 e. The molecule has 24 heavy (non-hydrogen) atoms. The largest absolute Gasteiger partial charge is 0.506 e. The van der Waals surface area contributed by atoms with E-state index < -0.39 is 22.5 Å². The van der Waals surface area contributed by atoms with Gasteiger partial charge in [-0.15, -0.1) is 0 Å². The summed E-state index contributed by atoms with van der Waals surface area (Å²) >= 11 is 0. The number of carbonyl (C=O) groups is 1. The Bertz CT molecular complexity index is 886. The number of amides is 1. The van der Waals surface area contributed by atoms with Crippen molar-refractivity contribution in [3.05, 3.63) is 54.1 Å². The van der Waals surface area contributed by atoms with Gasteiger partial charge in [0.2, 0.25) is 15.9 Å². The molecule has 124 valence electrons. The molecule has 2 N–H and O–H groups in total. The number of nitrogens with one attached hydrogen (secondary N) is 1. The summed E-state index contributed by atoms with van der Waals surface area (Å²) in [6, 6.07) is 13.5. The lowest BCUT2D eigenvalue weighted by atomic mass is 10.2. The normalized spacial score (nSPS) is 11.0. The van der Waals surface area contributed by atoms with Crippen LogP contribution in [0.2, 0.25) is 0 Å². The maximum atomic E-state index is 12.4. The standard InChI is InChI=1S/C16H15N3O4S/c1-19(11-16(21)18-14-4-2-3-5-15(14)20)24(22,23)13-8-6-12(10-17)7-9-13/h2-9,20H,11H2,1H3,(H,18,21). The number of likely N-dealkylation sites (N-methyl/N-ethyl adjacent to an activating group) is 1. The molecule has 0 aromatic heterocycles. The fourth-order valence-corrected chi connectivity index (χ4v) is 3.06. The number of para-hydroxylation sites is 2. The predicted molar refractivity (Wildman–Crippen MR) is 87.7 cm³/mol. The molecule has 2 rings (SSSR count). The lowest BCUT2D eigenvalue weighted by Gasteiger charge is -2.17. The van der Waals surface area contributed by atoms with Crippen LogP contribution in [0.1, 0.15) is 5.56 Å². The van der Waals surface area contributed by atoms with Crippen molar-refractivity contribution in [3.8, 4) is 11.8 Å². The average molecular weight is 345 g/mol. The van der Waals surface area contributed by atoms with E-state index in [1.807, 2.05) is 6.07 Å². The van der Waals surface area contributed by atoms with Crippen LogP contribution in [0.25, 0.3) is 0 Å². The molecule has 0 saturated heterocycles. The highest BCUT2D eigenvalue weighted by molar-refractivity contribution is 7.89. The number of aromatic hydroxyl groups is 1. The second-order valence-electron chi connectivity index (χ2n) is 4.96. The van der Waals surface area contributed by atoms with E-state index in [0.717, 1.165) is 4.31 Å². The molecular formula is C16H15N3O4S. The van der Waals surface area contributed by atoms with E-state index in [1.54, 1.807) is 12.1 Å². The van der Waals surface area contributed by atoms with Crippen LogP contribution in [-0.4, -0.2) is 37.3 Å². The van der Waals surface area contributed by atoms with Crippen molar-refractivity contribution < 1.29 is 18.3 Å². The van der Waals surface area contributed by atoms with E-state index >= 15 is 0 Å². The molecule has 0 aliphatic rings. The molecule has 0 aliphatic carbocycles. The number of benzene rings is 2. The van der Waals surface area contributed by atoms with Gasteiger partial charge in [0, 0.05) is 7.05 Å². The first-order valence-corrected chi connectivity index (χ1v) is 8.33. The van der Waals surface area contributed by atoms with E-state index in [1.165, 1.54) is 43.4 Å². The number of anilines is 1. The zero-order chi connectivity index (χ0) is 17.7. The second kappa shape index (κ2) is 7.12. The Morgan fingerprint density at radius 2 is 1.83 bits per heavy atom. The van der Waals surface area contributed by atoms with Crippen LogP contribution in [-0.2, 0) is 14.8 Å². The summed E-state index contributed by atoms with van der Waals surface area (Å²) in [7, 11) is -2.59. The molecule has 7 nitrogen and oxygen atoms in total. The number of nitrogens with zero attached hydrogens (tertiary/aromatic N) is 2. The fourth-order valence-electron chi connectivity index (χ4n) is 1.94. The van der Waals surface area contributed by atoms with Gasteiger partial charge in [-0.1, -0.05) is 12.1 Å². The third-order valence-corrected chi connectivity index (χ3v) is 5.05. The van der Waals surface area contributed by atoms with E-state index in [9.17, 15) is 18.3 Å². The van der Waals surface area contributed by atoms with Crippen molar-refractivity contribution in [3.63, 3.8) is 0 Å². The lowest BCUT2D eigenvalue weighted by Crippen LogP contribution is -2.34. The monoisotopic (exact) mass is 345 g/mol. The summed E-state index contributed by atoms with van der Waals surface area (Å²) in [6.45, 7) is -0.420. The van der Waals surface area contributed by atoms with Crippen LogP contribution < -0.4 is 5.32 Å². The van der Waals surface area contributed by atoms with Gasteiger partial charge in [0.1, 0.15) is 5.75 Å². The van der Waals surface area contributed by atoms with E-state index in [0.29, 0.717) is 5.56 Å². The molecule has 0 fully saturated rings. The van der Waals surface area contributed by atoms with Gasteiger partial charge in [0.15, 0.2) is 0 Å². The van der Waals surface area contributed by atoms with Gasteiger partial charge in [0.05, 0.1) is 28.8 Å². The van der Waals surface area contributed by atoms with Crippen molar-refractivity contribution in [2.45, 2.75) is 4.90 Å². The average Bonchev–Trinajstić information content (AvgIpc) is 2.57. The Morgan fingerprint density at radius 3 is 2.42 bits per heavy atom. The number of rotatable bonds is 5. The Morgan fingerprint density at radius 1 is 1.21 bits per heavy atom. The van der Waals surface area contributed by atoms with Crippen molar-refractivity contribution in [1.29, 1.82) is 5.26 Å². The first-order valence-electron chi connectivity index (χ1n) is 6.89. The number of sulfonamides is 1. The molecule has 0 spiro atoms. The van der Waals surface area contributed by atoms with Gasteiger partial charge in [-0.3, -0.25) is 4.79 Å². The summed E-state index contributed by atoms with van der Waals surface area (Å²) in [5.41, 5.74) is 0.542. The van der Waals surface area contributed by atoms with Gasteiger partial charge < -0.3 is 10.4 Å². The van der Waals surface area contributed by atoms with Crippen LogP contribution in [0.5, 0.6) is 5.75 Å². The van der Waals surface area contributed by atoms with Crippen LogP contribution in [0.15, 0.2) is 53.4 Å². The summed E-state index contributed by atoms with van der Waals surface area (Å²) in [6.07, 6.45) is 0.